The van der Waals surface area contributed by atoms with Gasteiger partial charge in [0.1, 0.15) is 0 Å². The van der Waals surface area contributed by atoms with E-state index in [1.54, 1.807) is 0 Å². The van der Waals surface area contributed by atoms with Gasteiger partial charge >= 0.3 is 11.8 Å². The van der Waals surface area contributed by atoms with Crippen molar-refractivity contribution in [1.82, 2.24) is 9.80 Å². The standard InChI is InChI=1S/C9H16N2O3/c1-3-10-6-7(2)11(4-5-12)9(14)8(10)13/h7,12H,3-6H2,1-2H3. The molecule has 1 atom stereocenters. The molecule has 0 radical (unpaired) electrons. The molecular formula is C9H16N2O3. The molecule has 5 heteroatoms. The summed E-state index contributed by atoms with van der Waals surface area (Å²) >= 11 is 0. The first kappa shape index (κ1) is 11.0. The Morgan fingerprint density at radius 3 is 2.57 bits per heavy atom. The summed E-state index contributed by atoms with van der Waals surface area (Å²) in [6.07, 6.45) is 0. The lowest BCUT2D eigenvalue weighted by atomic mass is 10.2. The predicted molar refractivity (Wildman–Crippen MR) is 50.5 cm³/mol. The van der Waals surface area contributed by atoms with Crippen molar-refractivity contribution in [2.45, 2.75) is 19.9 Å². The number of likely N-dealkylation sites (N-methyl/N-ethyl adjacent to an activating group) is 1. The van der Waals surface area contributed by atoms with Gasteiger partial charge in [-0.2, -0.15) is 0 Å². The largest absolute Gasteiger partial charge is 0.395 e. The van der Waals surface area contributed by atoms with Crippen LogP contribution >= 0.6 is 0 Å². The molecule has 5 nitrogen and oxygen atoms in total. The maximum atomic E-state index is 11.5. The molecule has 1 heterocycles. The number of amides is 2. The van der Waals surface area contributed by atoms with E-state index < -0.39 is 11.8 Å². The minimum absolute atomic E-state index is 0.00713. The fourth-order valence-corrected chi connectivity index (χ4v) is 1.66. The number of piperazine rings is 1. The molecule has 1 fully saturated rings. The Morgan fingerprint density at radius 2 is 2.07 bits per heavy atom. The molecule has 0 saturated carbocycles. The van der Waals surface area contributed by atoms with Crippen LogP contribution in [0.15, 0.2) is 0 Å². The fourth-order valence-electron chi connectivity index (χ4n) is 1.66. The van der Waals surface area contributed by atoms with Crippen LogP contribution < -0.4 is 0 Å². The molecule has 0 aromatic carbocycles. The van der Waals surface area contributed by atoms with Crippen LogP contribution in [-0.2, 0) is 9.59 Å². The van der Waals surface area contributed by atoms with Crippen LogP contribution in [0.3, 0.4) is 0 Å². The smallest absolute Gasteiger partial charge is 0.312 e. The SMILES string of the molecule is CCN1CC(C)N(CCO)C(=O)C1=O. The lowest BCUT2D eigenvalue weighted by Crippen LogP contribution is -2.59. The van der Waals surface area contributed by atoms with Crippen LogP contribution in [0, 0.1) is 0 Å². The van der Waals surface area contributed by atoms with Gasteiger partial charge in [0, 0.05) is 25.7 Å². The molecule has 2 amide bonds. The van der Waals surface area contributed by atoms with Crippen LogP contribution in [-0.4, -0.2) is 59.0 Å². The third-order valence-corrected chi connectivity index (χ3v) is 2.47. The fraction of sp³-hybridized carbons (Fsp3) is 0.778. The number of carbonyl (C=O) groups excluding carboxylic acids is 2. The summed E-state index contributed by atoms with van der Waals surface area (Å²) in [6.45, 7) is 4.98. The van der Waals surface area contributed by atoms with E-state index in [-0.39, 0.29) is 19.2 Å². The van der Waals surface area contributed by atoms with Crippen LogP contribution in [0.1, 0.15) is 13.8 Å². The predicted octanol–water partition coefficient (Wildman–Crippen LogP) is -0.942. The molecule has 14 heavy (non-hydrogen) atoms. The molecular weight excluding hydrogens is 184 g/mol. The number of nitrogens with zero attached hydrogens (tertiary/aromatic N) is 2. The van der Waals surface area contributed by atoms with Gasteiger partial charge in [0.25, 0.3) is 0 Å². The maximum absolute atomic E-state index is 11.5. The van der Waals surface area contributed by atoms with E-state index >= 15 is 0 Å². The van der Waals surface area contributed by atoms with Crippen LogP contribution in [0.25, 0.3) is 0 Å². The van der Waals surface area contributed by atoms with Crippen LogP contribution in [0.4, 0.5) is 0 Å². The molecule has 1 unspecified atom stereocenters. The number of aliphatic hydroxyl groups is 1. The quantitative estimate of drug-likeness (QED) is 0.598. The zero-order valence-electron chi connectivity index (χ0n) is 8.56. The summed E-state index contributed by atoms with van der Waals surface area (Å²) in [4.78, 5) is 25.9. The van der Waals surface area contributed by atoms with Gasteiger partial charge in [-0.15, -0.1) is 0 Å². The van der Waals surface area contributed by atoms with E-state index in [0.717, 1.165) is 0 Å². The average molecular weight is 200 g/mol. The van der Waals surface area contributed by atoms with Crippen molar-refractivity contribution in [3.63, 3.8) is 0 Å². The Balaban J connectivity index is 2.74. The monoisotopic (exact) mass is 200 g/mol. The van der Waals surface area contributed by atoms with Crippen LogP contribution in [0.5, 0.6) is 0 Å². The second kappa shape index (κ2) is 4.41. The molecule has 1 N–H and O–H groups in total. The number of rotatable bonds is 3. The van der Waals surface area contributed by atoms with E-state index in [1.807, 2.05) is 13.8 Å². The number of hydrogen-bond acceptors (Lipinski definition) is 3. The van der Waals surface area contributed by atoms with Gasteiger partial charge in [-0.1, -0.05) is 0 Å². The summed E-state index contributed by atoms with van der Waals surface area (Å²) < 4.78 is 0. The van der Waals surface area contributed by atoms with E-state index in [1.165, 1.54) is 9.80 Å². The number of hydrogen-bond donors (Lipinski definition) is 1. The minimum Gasteiger partial charge on any atom is -0.395 e. The van der Waals surface area contributed by atoms with Crippen molar-refractivity contribution < 1.29 is 14.7 Å². The Bertz CT molecular complexity index is 242. The van der Waals surface area contributed by atoms with Gasteiger partial charge in [0.15, 0.2) is 0 Å². The third kappa shape index (κ3) is 1.87. The van der Waals surface area contributed by atoms with Crippen molar-refractivity contribution in [3.8, 4) is 0 Å². The molecule has 1 aliphatic rings. The van der Waals surface area contributed by atoms with E-state index in [9.17, 15) is 9.59 Å². The van der Waals surface area contributed by atoms with Gasteiger partial charge in [0.2, 0.25) is 0 Å². The molecule has 1 aliphatic heterocycles. The second-order valence-corrected chi connectivity index (χ2v) is 3.41. The van der Waals surface area contributed by atoms with Crippen molar-refractivity contribution >= 4 is 11.8 Å². The summed E-state index contributed by atoms with van der Waals surface area (Å²) in [6, 6.07) is -0.00713. The topological polar surface area (TPSA) is 60.9 Å². The van der Waals surface area contributed by atoms with E-state index in [0.29, 0.717) is 13.1 Å². The zero-order valence-corrected chi connectivity index (χ0v) is 8.56. The lowest BCUT2D eigenvalue weighted by molar-refractivity contribution is -0.158. The highest BCUT2D eigenvalue weighted by Crippen LogP contribution is 2.10. The zero-order chi connectivity index (χ0) is 10.7. The van der Waals surface area contributed by atoms with Gasteiger partial charge in [0.05, 0.1) is 6.61 Å². The lowest BCUT2D eigenvalue weighted by Gasteiger charge is -2.38. The third-order valence-electron chi connectivity index (χ3n) is 2.47. The summed E-state index contributed by atoms with van der Waals surface area (Å²) in [7, 11) is 0. The first-order chi connectivity index (χ1) is 6.61. The van der Waals surface area contributed by atoms with Crippen molar-refractivity contribution in [3.05, 3.63) is 0 Å². The molecule has 1 rings (SSSR count). The maximum Gasteiger partial charge on any atom is 0.312 e. The highest BCUT2D eigenvalue weighted by atomic mass is 16.3. The van der Waals surface area contributed by atoms with Crippen molar-refractivity contribution in [1.29, 1.82) is 0 Å². The molecule has 0 spiro atoms. The molecule has 0 aromatic heterocycles. The Kier molecular flexibility index (Phi) is 3.46. The van der Waals surface area contributed by atoms with Crippen molar-refractivity contribution in [2.75, 3.05) is 26.2 Å². The number of carbonyl (C=O) groups is 2. The van der Waals surface area contributed by atoms with E-state index in [2.05, 4.69) is 0 Å². The van der Waals surface area contributed by atoms with Gasteiger partial charge in [-0.05, 0) is 13.8 Å². The minimum atomic E-state index is -0.500. The molecule has 80 valence electrons. The second-order valence-electron chi connectivity index (χ2n) is 3.41. The summed E-state index contributed by atoms with van der Waals surface area (Å²) in [5.74, 6) is -0.960. The number of β-amino-alcohol motifs (C(OH)–C–C–N with tert-alkyl or cyclic N) is 1. The van der Waals surface area contributed by atoms with Gasteiger partial charge in [-0.25, -0.2) is 0 Å². The Labute approximate surface area is 83.3 Å². The summed E-state index contributed by atoms with van der Waals surface area (Å²) in [5.41, 5.74) is 0. The summed E-state index contributed by atoms with van der Waals surface area (Å²) in [5, 5.41) is 8.74. The van der Waals surface area contributed by atoms with Gasteiger partial charge < -0.3 is 14.9 Å². The molecule has 1 saturated heterocycles. The van der Waals surface area contributed by atoms with Crippen molar-refractivity contribution in [2.24, 2.45) is 0 Å². The highest BCUT2D eigenvalue weighted by Gasteiger charge is 2.35. The number of aliphatic hydroxyl groups excluding tert-OH is 1. The van der Waals surface area contributed by atoms with Gasteiger partial charge in [-0.3, -0.25) is 9.59 Å². The molecule has 0 aliphatic carbocycles. The van der Waals surface area contributed by atoms with Crippen LogP contribution in [0.2, 0.25) is 0 Å². The highest BCUT2D eigenvalue weighted by molar-refractivity contribution is 6.35. The normalized spacial score (nSPS) is 23.2. The average Bonchev–Trinajstić information content (AvgIpc) is 2.18. The molecule has 0 aromatic rings. The Morgan fingerprint density at radius 1 is 1.43 bits per heavy atom. The Hall–Kier alpha value is -1.10. The first-order valence-corrected chi connectivity index (χ1v) is 4.82. The van der Waals surface area contributed by atoms with E-state index in [4.69, 9.17) is 5.11 Å². The molecule has 0 bridgehead atoms. The first-order valence-electron chi connectivity index (χ1n) is 4.82.